The molecule has 0 spiro atoms. The highest BCUT2D eigenvalue weighted by Crippen LogP contribution is 2.24. The summed E-state index contributed by atoms with van der Waals surface area (Å²) in [4.78, 5) is 39.4. The number of ether oxygens (including phenoxy) is 1. The molecule has 0 aromatic heterocycles. The predicted molar refractivity (Wildman–Crippen MR) is 110 cm³/mol. The highest BCUT2D eigenvalue weighted by atomic mass is 16.6. The van der Waals surface area contributed by atoms with Gasteiger partial charge >= 0.3 is 6.09 Å². The first-order chi connectivity index (χ1) is 13.4. The van der Waals surface area contributed by atoms with Gasteiger partial charge in [-0.2, -0.15) is 0 Å². The maximum Gasteiger partial charge on any atom is 0.408 e. The largest absolute Gasteiger partial charge is 0.508 e. The van der Waals surface area contributed by atoms with Gasteiger partial charge in [-0.1, -0.05) is 12.1 Å². The Hall–Kier alpha value is -2.77. The highest BCUT2D eigenvalue weighted by Gasteiger charge is 2.34. The number of carbonyl (C=O) groups excluding carboxylic acids is 3. The molecule has 29 heavy (non-hydrogen) atoms. The molecule has 0 saturated heterocycles. The molecule has 1 aromatic rings. The van der Waals surface area contributed by atoms with E-state index >= 15 is 0 Å². The molecule has 0 aliphatic carbocycles. The molecule has 0 saturated carbocycles. The van der Waals surface area contributed by atoms with Crippen molar-refractivity contribution in [2.75, 3.05) is 6.54 Å². The number of hydrogen-bond acceptors (Lipinski definition) is 5. The second-order valence-electron chi connectivity index (χ2n) is 8.15. The minimum atomic E-state index is -0.904. The summed E-state index contributed by atoms with van der Waals surface area (Å²) in [5, 5.41) is 14.9. The lowest BCUT2D eigenvalue weighted by atomic mass is 10.0. The van der Waals surface area contributed by atoms with Gasteiger partial charge in [-0.05, 0) is 66.2 Å². The van der Waals surface area contributed by atoms with Gasteiger partial charge in [-0.15, -0.1) is 0 Å². The fourth-order valence-corrected chi connectivity index (χ4v) is 2.75. The van der Waals surface area contributed by atoms with Gasteiger partial charge in [0, 0.05) is 12.6 Å². The monoisotopic (exact) mass is 407 g/mol. The van der Waals surface area contributed by atoms with Crippen molar-refractivity contribution in [2.45, 2.75) is 72.2 Å². The number of benzene rings is 1. The minimum absolute atomic E-state index is 0.0612. The van der Waals surface area contributed by atoms with Crippen LogP contribution in [-0.4, -0.2) is 52.1 Å². The maximum absolute atomic E-state index is 13.1. The molecule has 162 valence electrons. The molecule has 0 bridgehead atoms. The summed E-state index contributed by atoms with van der Waals surface area (Å²) >= 11 is 0. The molecule has 2 unspecified atom stereocenters. The van der Waals surface area contributed by atoms with Crippen molar-refractivity contribution in [2.24, 2.45) is 0 Å². The van der Waals surface area contributed by atoms with Crippen molar-refractivity contribution in [3.05, 3.63) is 29.8 Å². The average Bonchev–Trinajstić information content (AvgIpc) is 2.57. The summed E-state index contributed by atoms with van der Waals surface area (Å²) in [6.07, 6.45) is -0.706. The zero-order valence-corrected chi connectivity index (χ0v) is 18.3. The van der Waals surface area contributed by atoms with Crippen LogP contribution in [0.5, 0.6) is 5.75 Å². The van der Waals surface area contributed by atoms with Gasteiger partial charge in [-0.25, -0.2) is 4.79 Å². The van der Waals surface area contributed by atoms with Gasteiger partial charge in [0.2, 0.25) is 11.8 Å². The molecule has 0 aliphatic rings. The van der Waals surface area contributed by atoms with Crippen LogP contribution in [0.3, 0.4) is 0 Å². The lowest BCUT2D eigenvalue weighted by molar-refractivity contribution is -0.142. The second-order valence-corrected chi connectivity index (χ2v) is 8.15. The average molecular weight is 408 g/mol. The Morgan fingerprint density at radius 3 is 2.07 bits per heavy atom. The van der Waals surface area contributed by atoms with Crippen LogP contribution in [0.2, 0.25) is 0 Å². The Morgan fingerprint density at radius 2 is 1.62 bits per heavy atom. The Balaban J connectivity index is 3.12. The third kappa shape index (κ3) is 7.63. The zero-order valence-electron chi connectivity index (χ0n) is 18.3. The zero-order chi connectivity index (χ0) is 22.4. The van der Waals surface area contributed by atoms with E-state index in [2.05, 4.69) is 10.6 Å². The van der Waals surface area contributed by atoms with Gasteiger partial charge in [-0.3, -0.25) is 9.59 Å². The lowest BCUT2D eigenvalue weighted by Gasteiger charge is -2.33. The molecule has 3 N–H and O–H groups in total. The summed E-state index contributed by atoms with van der Waals surface area (Å²) in [5.74, 6) is -0.702. The van der Waals surface area contributed by atoms with Crippen molar-refractivity contribution < 1.29 is 24.2 Å². The fraction of sp³-hybridized carbons (Fsp3) is 0.571. The van der Waals surface area contributed by atoms with E-state index in [4.69, 9.17) is 4.74 Å². The molecule has 8 nitrogen and oxygen atoms in total. The van der Waals surface area contributed by atoms with E-state index in [0.29, 0.717) is 5.56 Å². The number of likely N-dealkylation sites (N-methyl/N-ethyl adjacent to an activating group) is 1. The summed E-state index contributed by atoms with van der Waals surface area (Å²) in [5.41, 5.74) is -0.135. The number of hydrogen-bond donors (Lipinski definition) is 3. The highest BCUT2D eigenvalue weighted by molar-refractivity contribution is 5.92. The van der Waals surface area contributed by atoms with Gasteiger partial charge in [0.15, 0.2) is 0 Å². The standard InChI is InChI=1S/C21H33N3O5/c1-8-24(19(27)14(4)23-20(28)29-21(5,6)7)17(18(26)22-13(2)3)15-9-11-16(25)12-10-15/h9-14,17,25H,8H2,1-7H3,(H,22,26)(H,23,28). The first-order valence-corrected chi connectivity index (χ1v) is 9.75. The van der Waals surface area contributed by atoms with E-state index in [1.165, 1.54) is 17.0 Å². The van der Waals surface area contributed by atoms with Crippen LogP contribution in [0.25, 0.3) is 0 Å². The van der Waals surface area contributed by atoms with Crippen LogP contribution in [0.15, 0.2) is 24.3 Å². The normalized spacial score (nSPS) is 13.4. The van der Waals surface area contributed by atoms with Gasteiger partial charge in [0.05, 0.1) is 0 Å². The van der Waals surface area contributed by atoms with Gasteiger partial charge in [0.25, 0.3) is 0 Å². The van der Waals surface area contributed by atoms with E-state index in [1.807, 2.05) is 13.8 Å². The van der Waals surface area contributed by atoms with Crippen LogP contribution in [0.1, 0.15) is 60.1 Å². The number of phenols is 1. The first kappa shape index (κ1) is 24.3. The van der Waals surface area contributed by atoms with E-state index in [1.54, 1.807) is 46.8 Å². The fourth-order valence-electron chi connectivity index (χ4n) is 2.75. The number of nitrogens with zero attached hydrogens (tertiary/aromatic N) is 1. The van der Waals surface area contributed by atoms with Crippen LogP contribution >= 0.6 is 0 Å². The summed E-state index contributed by atoms with van der Waals surface area (Å²) in [6, 6.07) is 4.21. The van der Waals surface area contributed by atoms with Crippen LogP contribution in [0.4, 0.5) is 4.79 Å². The number of aromatic hydroxyl groups is 1. The van der Waals surface area contributed by atoms with Crippen LogP contribution < -0.4 is 10.6 Å². The van der Waals surface area contributed by atoms with Gasteiger partial charge in [0.1, 0.15) is 23.4 Å². The molecule has 1 aromatic carbocycles. The molecule has 1 rings (SSSR count). The Kier molecular flexibility index (Phi) is 8.48. The quantitative estimate of drug-likeness (QED) is 0.644. The number of phenolic OH excluding ortho intramolecular Hbond substituents is 1. The molecule has 0 heterocycles. The van der Waals surface area contributed by atoms with E-state index in [9.17, 15) is 19.5 Å². The first-order valence-electron chi connectivity index (χ1n) is 9.75. The summed E-state index contributed by atoms with van der Waals surface area (Å²) < 4.78 is 5.20. The predicted octanol–water partition coefficient (Wildman–Crippen LogP) is 2.72. The smallest absolute Gasteiger partial charge is 0.408 e. The number of carbonyl (C=O) groups is 3. The number of rotatable bonds is 7. The number of amides is 3. The molecule has 0 radical (unpaired) electrons. The van der Waals surface area contributed by atoms with E-state index in [-0.39, 0.29) is 24.2 Å². The Morgan fingerprint density at radius 1 is 1.07 bits per heavy atom. The topological polar surface area (TPSA) is 108 Å². The summed E-state index contributed by atoms with van der Waals surface area (Å²) in [7, 11) is 0. The third-order valence-corrected chi connectivity index (χ3v) is 3.93. The maximum atomic E-state index is 13.1. The number of nitrogens with one attached hydrogen (secondary N) is 2. The van der Waals surface area contributed by atoms with Crippen molar-refractivity contribution in [1.29, 1.82) is 0 Å². The van der Waals surface area contributed by atoms with E-state index < -0.39 is 29.7 Å². The van der Waals surface area contributed by atoms with Crippen LogP contribution in [0, 0.1) is 0 Å². The van der Waals surface area contributed by atoms with Crippen molar-refractivity contribution in [1.82, 2.24) is 15.5 Å². The SMILES string of the molecule is CCN(C(=O)C(C)NC(=O)OC(C)(C)C)C(C(=O)NC(C)C)c1ccc(O)cc1. The second kappa shape index (κ2) is 10.1. The molecule has 8 heteroatoms. The van der Waals surface area contributed by atoms with Gasteiger partial charge < -0.3 is 25.4 Å². The minimum Gasteiger partial charge on any atom is -0.508 e. The molecule has 0 aliphatic heterocycles. The molecular weight excluding hydrogens is 374 g/mol. The lowest BCUT2D eigenvalue weighted by Crippen LogP contribution is -2.52. The Labute approximate surface area is 172 Å². The molecular formula is C21H33N3O5. The molecule has 3 amide bonds. The third-order valence-electron chi connectivity index (χ3n) is 3.93. The molecule has 2 atom stereocenters. The van der Waals surface area contributed by atoms with Crippen molar-refractivity contribution >= 4 is 17.9 Å². The van der Waals surface area contributed by atoms with Crippen molar-refractivity contribution in [3.63, 3.8) is 0 Å². The van der Waals surface area contributed by atoms with Crippen molar-refractivity contribution in [3.8, 4) is 5.75 Å². The molecule has 0 fully saturated rings. The summed E-state index contributed by atoms with van der Waals surface area (Å²) in [6.45, 7) is 12.4. The Bertz CT molecular complexity index is 710. The van der Waals surface area contributed by atoms with E-state index in [0.717, 1.165) is 0 Å². The number of alkyl carbamates (subject to hydrolysis) is 1. The van der Waals surface area contributed by atoms with Crippen LogP contribution in [-0.2, 0) is 14.3 Å².